The molecule has 1 saturated carbocycles. The first-order chi connectivity index (χ1) is 9.10. The quantitative estimate of drug-likeness (QED) is 0.868. The standard InChI is InChI=1S/C14H20N2O2S/c1-2-3-11-8-14(11)16-19(17,18)12-5-4-10-6-7-15-13(10)9-12/h4-5,9,11,14-16H,2-3,6-8H2,1H3. The molecule has 1 heterocycles. The summed E-state index contributed by atoms with van der Waals surface area (Å²) in [5, 5.41) is 3.22. The number of hydrogen-bond donors (Lipinski definition) is 2. The molecule has 2 N–H and O–H groups in total. The van der Waals surface area contributed by atoms with E-state index in [9.17, 15) is 8.42 Å². The van der Waals surface area contributed by atoms with Crippen LogP contribution in [0, 0.1) is 5.92 Å². The first kappa shape index (κ1) is 12.9. The Bertz CT molecular complexity index is 583. The van der Waals surface area contributed by atoms with E-state index in [0.717, 1.165) is 37.9 Å². The summed E-state index contributed by atoms with van der Waals surface area (Å²) in [6, 6.07) is 5.53. The van der Waals surface area contributed by atoms with E-state index < -0.39 is 10.0 Å². The van der Waals surface area contributed by atoms with E-state index in [4.69, 9.17) is 0 Å². The van der Waals surface area contributed by atoms with Gasteiger partial charge in [0.15, 0.2) is 0 Å². The molecule has 2 atom stereocenters. The largest absolute Gasteiger partial charge is 0.384 e. The van der Waals surface area contributed by atoms with Gasteiger partial charge in [-0.15, -0.1) is 0 Å². The van der Waals surface area contributed by atoms with Gasteiger partial charge in [-0.2, -0.15) is 0 Å². The third-order valence-electron chi connectivity index (χ3n) is 3.99. The fourth-order valence-electron chi connectivity index (χ4n) is 2.79. The Kier molecular flexibility index (Phi) is 3.27. The molecule has 4 nitrogen and oxygen atoms in total. The van der Waals surface area contributed by atoms with E-state index in [1.165, 1.54) is 5.56 Å². The zero-order valence-corrected chi connectivity index (χ0v) is 12.0. The minimum Gasteiger partial charge on any atom is -0.384 e. The number of rotatable bonds is 5. The van der Waals surface area contributed by atoms with Gasteiger partial charge in [-0.1, -0.05) is 19.4 Å². The molecule has 19 heavy (non-hydrogen) atoms. The number of hydrogen-bond acceptors (Lipinski definition) is 3. The van der Waals surface area contributed by atoms with E-state index in [2.05, 4.69) is 17.0 Å². The molecule has 2 unspecified atom stereocenters. The smallest absolute Gasteiger partial charge is 0.240 e. The van der Waals surface area contributed by atoms with Crippen LogP contribution >= 0.6 is 0 Å². The number of anilines is 1. The van der Waals surface area contributed by atoms with Crippen LogP contribution in [-0.4, -0.2) is 21.0 Å². The second-order valence-corrected chi connectivity index (χ2v) is 7.22. The lowest BCUT2D eigenvalue weighted by Gasteiger charge is -2.08. The van der Waals surface area contributed by atoms with Crippen LogP contribution in [0.5, 0.6) is 0 Å². The molecule has 1 aliphatic heterocycles. The maximum absolute atomic E-state index is 12.3. The van der Waals surface area contributed by atoms with E-state index in [1.54, 1.807) is 12.1 Å². The highest BCUT2D eigenvalue weighted by Gasteiger charge is 2.39. The lowest BCUT2D eigenvalue weighted by atomic mass is 10.2. The van der Waals surface area contributed by atoms with Gasteiger partial charge in [0.2, 0.25) is 10.0 Å². The average Bonchev–Trinajstić information content (AvgIpc) is 2.92. The number of sulfonamides is 1. The topological polar surface area (TPSA) is 58.2 Å². The van der Waals surface area contributed by atoms with Crippen LogP contribution in [0.25, 0.3) is 0 Å². The third kappa shape index (κ3) is 2.62. The van der Waals surface area contributed by atoms with Gasteiger partial charge < -0.3 is 5.32 Å². The van der Waals surface area contributed by atoms with E-state index in [0.29, 0.717) is 10.8 Å². The van der Waals surface area contributed by atoms with Crippen LogP contribution in [-0.2, 0) is 16.4 Å². The number of nitrogens with one attached hydrogen (secondary N) is 2. The Morgan fingerprint density at radius 2 is 2.26 bits per heavy atom. The molecule has 0 amide bonds. The Hall–Kier alpha value is -1.07. The van der Waals surface area contributed by atoms with Crippen LogP contribution in [0.4, 0.5) is 5.69 Å². The van der Waals surface area contributed by atoms with Crippen LogP contribution in [0.2, 0.25) is 0 Å². The predicted octanol–water partition coefficient (Wildman–Crippen LogP) is 2.12. The maximum Gasteiger partial charge on any atom is 0.240 e. The van der Waals surface area contributed by atoms with Crippen molar-refractivity contribution in [2.45, 2.75) is 43.5 Å². The fraction of sp³-hybridized carbons (Fsp3) is 0.571. The molecule has 1 fully saturated rings. The summed E-state index contributed by atoms with van der Waals surface area (Å²) in [7, 11) is -3.36. The van der Waals surface area contributed by atoms with Crippen molar-refractivity contribution in [1.29, 1.82) is 0 Å². The first-order valence-electron chi connectivity index (χ1n) is 6.99. The number of fused-ring (bicyclic) bond motifs is 1. The highest BCUT2D eigenvalue weighted by molar-refractivity contribution is 7.89. The monoisotopic (exact) mass is 280 g/mol. The van der Waals surface area contributed by atoms with Crippen LogP contribution in [0.15, 0.2) is 23.1 Å². The summed E-state index contributed by atoms with van der Waals surface area (Å²) in [6.07, 6.45) is 4.19. The van der Waals surface area contributed by atoms with Crippen molar-refractivity contribution in [2.75, 3.05) is 11.9 Å². The highest BCUT2D eigenvalue weighted by Crippen LogP contribution is 2.36. The Balaban J connectivity index is 1.74. The van der Waals surface area contributed by atoms with E-state index >= 15 is 0 Å². The van der Waals surface area contributed by atoms with E-state index in [-0.39, 0.29) is 6.04 Å². The summed E-state index contributed by atoms with van der Waals surface area (Å²) in [5.41, 5.74) is 2.16. The molecule has 2 aliphatic rings. The minimum absolute atomic E-state index is 0.145. The zero-order valence-electron chi connectivity index (χ0n) is 11.1. The van der Waals surface area contributed by atoms with Crippen molar-refractivity contribution in [3.8, 4) is 0 Å². The molecule has 5 heteroatoms. The fourth-order valence-corrected chi connectivity index (χ4v) is 4.13. The van der Waals surface area contributed by atoms with E-state index in [1.807, 2.05) is 6.07 Å². The van der Waals surface area contributed by atoms with Crippen molar-refractivity contribution in [2.24, 2.45) is 5.92 Å². The van der Waals surface area contributed by atoms with Gasteiger partial charge in [0, 0.05) is 18.3 Å². The summed E-state index contributed by atoms with van der Waals surface area (Å²) in [4.78, 5) is 0.378. The molecular formula is C14H20N2O2S. The lowest BCUT2D eigenvalue weighted by Crippen LogP contribution is -2.27. The van der Waals surface area contributed by atoms with Crippen LogP contribution < -0.4 is 10.0 Å². The molecule has 0 bridgehead atoms. The second-order valence-electron chi connectivity index (χ2n) is 5.51. The van der Waals surface area contributed by atoms with Crippen LogP contribution in [0.1, 0.15) is 31.7 Å². The Morgan fingerprint density at radius 1 is 1.42 bits per heavy atom. The molecule has 3 rings (SSSR count). The average molecular weight is 280 g/mol. The normalized spacial score (nSPS) is 24.9. The Morgan fingerprint density at radius 3 is 3.05 bits per heavy atom. The predicted molar refractivity (Wildman–Crippen MR) is 75.8 cm³/mol. The lowest BCUT2D eigenvalue weighted by molar-refractivity contribution is 0.573. The van der Waals surface area contributed by atoms with Gasteiger partial charge in [-0.25, -0.2) is 13.1 Å². The van der Waals surface area contributed by atoms with Crippen molar-refractivity contribution >= 4 is 15.7 Å². The number of benzene rings is 1. The SMILES string of the molecule is CCCC1CC1NS(=O)(=O)c1ccc2c(c1)NCC2. The van der Waals surface area contributed by atoms with Gasteiger partial charge in [-0.3, -0.25) is 0 Å². The third-order valence-corrected chi connectivity index (χ3v) is 5.48. The molecular weight excluding hydrogens is 260 g/mol. The molecule has 0 aromatic heterocycles. The van der Waals surface area contributed by atoms with Crippen molar-refractivity contribution < 1.29 is 8.42 Å². The molecule has 0 spiro atoms. The molecule has 1 aromatic carbocycles. The van der Waals surface area contributed by atoms with Crippen molar-refractivity contribution in [3.63, 3.8) is 0 Å². The summed E-state index contributed by atoms with van der Waals surface area (Å²) in [6.45, 7) is 3.03. The van der Waals surface area contributed by atoms with Gasteiger partial charge in [0.05, 0.1) is 4.90 Å². The van der Waals surface area contributed by atoms with Gasteiger partial charge in [0.1, 0.15) is 0 Å². The first-order valence-corrected chi connectivity index (χ1v) is 8.47. The van der Waals surface area contributed by atoms with Gasteiger partial charge in [0.25, 0.3) is 0 Å². The summed E-state index contributed by atoms with van der Waals surface area (Å²) < 4.78 is 27.4. The van der Waals surface area contributed by atoms with Crippen molar-refractivity contribution in [1.82, 2.24) is 4.72 Å². The Labute approximate surface area is 114 Å². The minimum atomic E-state index is -3.36. The molecule has 0 saturated heterocycles. The summed E-state index contributed by atoms with van der Waals surface area (Å²) >= 11 is 0. The second kappa shape index (κ2) is 4.80. The van der Waals surface area contributed by atoms with Crippen LogP contribution in [0.3, 0.4) is 0 Å². The summed E-state index contributed by atoms with van der Waals surface area (Å²) in [5.74, 6) is 0.535. The highest BCUT2D eigenvalue weighted by atomic mass is 32.2. The molecule has 104 valence electrons. The molecule has 1 aliphatic carbocycles. The van der Waals surface area contributed by atoms with Gasteiger partial charge >= 0.3 is 0 Å². The van der Waals surface area contributed by atoms with Gasteiger partial charge in [-0.05, 0) is 42.9 Å². The van der Waals surface area contributed by atoms with Crippen molar-refractivity contribution in [3.05, 3.63) is 23.8 Å². The molecule has 0 radical (unpaired) electrons. The maximum atomic E-state index is 12.3. The zero-order chi connectivity index (χ0) is 13.5. The molecule has 1 aromatic rings.